The minimum Gasteiger partial charge on any atom is -0.264 e. The molecule has 27 heavy (non-hydrogen) atoms. The summed E-state index contributed by atoms with van der Waals surface area (Å²) in [6.07, 6.45) is 8.99. The molecule has 0 aromatic carbocycles. The minimum absolute atomic E-state index is 0. The van der Waals surface area contributed by atoms with Gasteiger partial charge >= 0.3 is 34.5 Å². The summed E-state index contributed by atoms with van der Waals surface area (Å²) in [6.45, 7) is 0. The molecule has 3 rings (SSSR count). The van der Waals surface area contributed by atoms with E-state index in [-0.39, 0.29) is 48.0 Å². The van der Waals surface area contributed by atoms with Gasteiger partial charge in [0.2, 0.25) is 0 Å². The van der Waals surface area contributed by atoms with Gasteiger partial charge in [-0.3, -0.25) is 15.0 Å². The van der Waals surface area contributed by atoms with Crippen molar-refractivity contribution in [1.29, 1.82) is 0 Å². The van der Waals surface area contributed by atoms with Gasteiger partial charge in [0.05, 0.1) is 5.69 Å². The smallest absolute Gasteiger partial charge is 0.0796 e. The largest absolute Gasteiger partial charge is 0.264 e. The molecule has 0 aliphatic heterocycles. The average molecular weight is 513 g/mol. The Kier molecular flexibility index (Phi) is 27.9. The molecule has 3 aromatic heterocycles. The van der Waals surface area contributed by atoms with Crippen molar-refractivity contribution in [2.45, 2.75) is 0 Å². The molecule has 0 bridgehead atoms. The first-order chi connectivity index (χ1) is 10.4. The van der Waals surface area contributed by atoms with Crippen LogP contribution >= 0.6 is 19.4 Å². The molecule has 0 unspecified atom stereocenters. The average Bonchev–Trinajstić information content (AvgIpc) is 2.57. The predicted molar refractivity (Wildman–Crippen MR) is 104 cm³/mol. The molecule has 3 heterocycles. The Morgan fingerprint density at radius 2 is 1.07 bits per heavy atom. The second kappa shape index (κ2) is 20.7. The minimum atomic E-state index is -0.346. The molecular weight excluding hydrogens is 490 g/mol. The molecule has 12 N–H and O–H groups in total. The van der Waals surface area contributed by atoms with E-state index in [1.807, 2.05) is 48.8 Å². The maximum Gasteiger partial charge on any atom is 0.0796 e. The molecule has 9 nitrogen and oxygen atoms in total. The SMILES string of the molecule is O.O.O.O.O.O.[Cl][Ru][Cl].c1cncc(-c2cccnc2-c2cccnc2)c1. The van der Waals surface area contributed by atoms with Crippen LogP contribution in [0.2, 0.25) is 0 Å². The molecule has 12 heteroatoms. The Labute approximate surface area is 172 Å². The molecule has 0 atom stereocenters. The number of halogens is 2. The standard InChI is InChI=1S/C15H11N3.2ClH.6H2O.Ru/c1-4-12(10-16-7-1)14-6-3-9-18-15(14)13-5-2-8-17-11-13;;;;;;;;;/h1-11H;2*1H;6*1H2;/q;;;;;;;;;+2/p-2. The van der Waals surface area contributed by atoms with Crippen LogP contribution in [0.3, 0.4) is 0 Å². The zero-order chi connectivity index (χ0) is 14.9. The summed E-state index contributed by atoms with van der Waals surface area (Å²) in [4.78, 5) is 12.8. The number of aromatic nitrogens is 3. The molecule has 0 saturated carbocycles. The van der Waals surface area contributed by atoms with Crippen molar-refractivity contribution in [3.63, 3.8) is 0 Å². The summed E-state index contributed by atoms with van der Waals surface area (Å²) in [5.41, 5.74) is 4.07. The van der Waals surface area contributed by atoms with E-state index >= 15 is 0 Å². The molecule has 3 aromatic rings. The third kappa shape index (κ3) is 11.0. The van der Waals surface area contributed by atoms with E-state index in [4.69, 9.17) is 19.4 Å². The van der Waals surface area contributed by atoms with E-state index in [2.05, 4.69) is 15.0 Å². The van der Waals surface area contributed by atoms with Crippen molar-refractivity contribution in [1.82, 2.24) is 15.0 Å². The first-order valence-corrected chi connectivity index (χ1v) is 10.5. The number of pyridine rings is 3. The van der Waals surface area contributed by atoms with Crippen LogP contribution in [-0.4, -0.2) is 47.8 Å². The summed E-state index contributed by atoms with van der Waals surface area (Å²) in [5.74, 6) is 0. The van der Waals surface area contributed by atoms with Gasteiger partial charge < -0.3 is 32.9 Å². The quantitative estimate of drug-likeness (QED) is 0.418. The Bertz CT molecular complexity index is 628. The first-order valence-electron chi connectivity index (χ1n) is 5.98. The summed E-state index contributed by atoms with van der Waals surface area (Å²) in [6, 6.07) is 11.9. The second-order valence-electron chi connectivity index (χ2n) is 3.93. The van der Waals surface area contributed by atoms with Crippen LogP contribution in [0, 0.1) is 0 Å². The third-order valence-electron chi connectivity index (χ3n) is 2.72. The summed E-state index contributed by atoms with van der Waals surface area (Å²) >= 11 is -0.346. The molecule has 0 spiro atoms. The van der Waals surface area contributed by atoms with E-state index in [0.717, 1.165) is 22.4 Å². The van der Waals surface area contributed by atoms with Crippen LogP contribution in [0.15, 0.2) is 67.4 Å². The molecule has 0 radical (unpaired) electrons. The van der Waals surface area contributed by atoms with E-state index < -0.39 is 0 Å². The normalized spacial score (nSPS) is 7.63. The Balaban J connectivity index is -0.000000169. The van der Waals surface area contributed by atoms with Crippen molar-refractivity contribution in [2.24, 2.45) is 0 Å². The van der Waals surface area contributed by atoms with Gasteiger partial charge in [0.25, 0.3) is 0 Å². The van der Waals surface area contributed by atoms with Gasteiger partial charge in [-0.1, -0.05) is 12.1 Å². The van der Waals surface area contributed by atoms with E-state index in [9.17, 15) is 0 Å². The van der Waals surface area contributed by atoms with Crippen molar-refractivity contribution >= 4 is 19.4 Å². The molecule has 0 aliphatic rings. The van der Waals surface area contributed by atoms with Gasteiger partial charge in [-0.25, -0.2) is 0 Å². The molecule has 156 valence electrons. The van der Waals surface area contributed by atoms with Gasteiger partial charge in [0.15, 0.2) is 0 Å². The van der Waals surface area contributed by atoms with Crippen molar-refractivity contribution in [3.8, 4) is 22.4 Å². The third-order valence-corrected chi connectivity index (χ3v) is 2.72. The fourth-order valence-electron chi connectivity index (χ4n) is 1.89. The van der Waals surface area contributed by atoms with Crippen LogP contribution in [0.5, 0.6) is 0 Å². The maximum atomic E-state index is 4.85. The van der Waals surface area contributed by atoms with Crippen LogP contribution < -0.4 is 0 Å². The fourth-order valence-corrected chi connectivity index (χ4v) is 1.89. The second-order valence-corrected chi connectivity index (χ2v) is 6.57. The summed E-state index contributed by atoms with van der Waals surface area (Å²) in [5, 5.41) is 0. The zero-order valence-electron chi connectivity index (χ0n) is 13.8. The van der Waals surface area contributed by atoms with Crippen LogP contribution in [-0.2, 0) is 15.1 Å². The summed E-state index contributed by atoms with van der Waals surface area (Å²) in [7, 11) is 9.71. The van der Waals surface area contributed by atoms with Crippen molar-refractivity contribution in [3.05, 3.63) is 67.4 Å². The number of hydrogen-bond acceptors (Lipinski definition) is 3. The van der Waals surface area contributed by atoms with Crippen LogP contribution in [0.4, 0.5) is 0 Å². The van der Waals surface area contributed by atoms with E-state index in [1.165, 1.54) is 0 Å². The molecule has 0 fully saturated rings. The molecular formula is C15H23Cl2N3O6Ru. The maximum absolute atomic E-state index is 4.85. The Morgan fingerprint density at radius 3 is 1.52 bits per heavy atom. The van der Waals surface area contributed by atoms with Crippen molar-refractivity contribution in [2.75, 3.05) is 0 Å². The molecule has 0 amide bonds. The van der Waals surface area contributed by atoms with Gasteiger partial charge in [-0.2, -0.15) is 0 Å². The number of rotatable bonds is 2. The fraction of sp³-hybridized carbons (Fsp3) is 0. The predicted octanol–water partition coefficient (Wildman–Crippen LogP) is -0.366. The number of hydrogen-bond donors (Lipinski definition) is 0. The molecule has 0 saturated heterocycles. The zero-order valence-corrected chi connectivity index (χ0v) is 17.1. The molecule has 0 aliphatic carbocycles. The van der Waals surface area contributed by atoms with Gasteiger partial charge in [-0.15, -0.1) is 0 Å². The monoisotopic (exact) mass is 513 g/mol. The Morgan fingerprint density at radius 1 is 0.630 bits per heavy atom. The topological polar surface area (TPSA) is 228 Å². The van der Waals surface area contributed by atoms with Gasteiger partial charge in [-0.05, 0) is 24.3 Å². The van der Waals surface area contributed by atoms with E-state index in [1.54, 1.807) is 18.6 Å². The Hall–Kier alpha value is -1.59. The first kappa shape index (κ1) is 36.3. The van der Waals surface area contributed by atoms with Gasteiger partial charge in [0.1, 0.15) is 0 Å². The van der Waals surface area contributed by atoms with E-state index in [0.29, 0.717) is 0 Å². The summed E-state index contributed by atoms with van der Waals surface area (Å²) < 4.78 is 0. The van der Waals surface area contributed by atoms with Crippen LogP contribution in [0.1, 0.15) is 0 Å². The number of nitrogens with zero attached hydrogens (tertiary/aromatic N) is 3. The van der Waals surface area contributed by atoms with Crippen molar-refractivity contribution < 1.29 is 48.0 Å². The van der Waals surface area contributed by atoms with Crippen LogP contribution in [0.25, 0.3) is 22.4 Å². The van der Waals surface area contributed by atoms with Gasteiger partial charge in [0, 0.05) is 47.7 Å².